The standard InChI is InChI=1S/C23H29ClN2O2/c1-17(2)13-14-25-23(28)22(15-19-7-5-4-6-8-19)26(18(3)27)16-20-9-11-21(24)12-10-20/h4-12,17,22H,13-16H2,1-3H3,(H,25,28). The zero-order valence-electron chi connectivity index (χ0n) is 16.8. The highest BCUT2D eigenvalue weighted by Crippen LogP contribution is 2.16. The van der Waals surface area contributed by atoms with Crippen LogP contribution in [0.2, 0.25) is 5.02 Å². The summed E-state index contributed by atoms with van der Waals surface area (Å²) in [6, 6.07) is 16.6. The van der Waals surface area contributed by atoms with Gasteiger partial charge in [-0.15, -0.1) is 0 Å². The Morgan fingerprint density at radius 3 is 2.21 bits per heavy atom. The normalized spacial score (nSPS) is 11.9. The molecule has 1 atom stereocenters. The molecule has 0 aliphatic rings. The van der Waals surface area contributed by atoms with Gasteiger partial charge >= 0.3 is 0 Å². The van der Waals surface area contributed by atoms with E-state index in [-0.39, 0.29) is 11.8 Å². The molecule has 0 radical (unpaired) electrons. The van der Waals surface area contributed by atoms with Crippen molar-refractivity contribution >= 4 is 23.4 Å². The maximum Gasteiger partial charge on any atom is 0.243 e. The molecule has 5 heteroatoms. The van der Waals surface area contributed by atoms with Gasteiger partial charge in [-0.1, -0.05) is 67.9 Å². The summed E-state index contributed by atoms with van der Waals surface area (Å²) in [7, 11) is 0. The second-order valence-corrected chi connectivity index (χ2v) is 7.89. The summed E-state index contributed by atoms with van der Waals surface area (Å²) in [4.78, 5) is 27.1. The lowest BCUT2D eigenvalue weighted by Gasteiger charge is -2.30. The molecule has 2 aromatic rings. The average Bonchev–Trinajstić information content (AvgIpc) is 2.66. The van der Waals surface area contributed by atoms with Gasteiger partial charge in [0.15, 0.2) is 0 Å². The Morgan fingerprint density at radius 1 is 1.00 bits per heavy atom. The SMILES string of the molecule is CC(=O)N(Cc1ccc(Cl)cc1)C(Cc1ccccc1)C(=O)NCCC(C)C. The van der Waals surface area contributed by atoms with Crippen molar-refractivity contribution in [2.45, 2.75) is 46.2 Å². The summed E-state index contributed by atoms with van der Waals surface area (Å²) >= 11 is 5.97. The van der Waals surface area contributed by atoms with Gasteiger partial charge in [-0.05, 0) is 35.6 Å². The Morgan fingerprint density at radius 2 is 1.64 bits per heavy atom. The fourth-order valence-electron chi connectivity index (χ4n) is 3.01. The highest BCUT2D eigenvalue weighted by Gasteiger charge is 2.28. The molecule has 28 heavy (non-hydrogen) atoms. The number of nitrogens with zero attached hydrogens (tertiary/aromatic N) is 1. The van der Waals surface area contributed by atoms with Gasteiger partial charge in [-0.2, -0.15) is 0 Å². The van der Waals surface area contributed by atoms with Crippen LogP contribution in [0.1, 0.15) is 38.3 Å². The molecule has 2 aromatic carbocycles. The number of halogens is 1. The van der Waals surface area contributed by atoms with Gasteiger partial charge in [0.1, 0.15) is 6.04 Å². The van der Waals surface area contributed by atoms with Gasteiger partial charge in [0.25, 0.3) is 0 Å². The van der Waals surface area contributed by atoms with Crippen LogP contribution < -0.4 is 5.32 Å². The molecule has 0 aliphatic carbocycles. The van der Waals surface area contributed by atoms with Crippen LogP contribution in [0.3, 0.4) is 0 Å². The number of hydrogen-bond acceptors (Lipinski definition) is 2. The fourth-order valence-corrected chi connectivity index (χ4v) is 3.14. The van der Waals surface area contributed by atoms with Crippen LogP contribution >= 0.6 is 11.6 Å². The Labute approximate surface area is 172 Å². The van der Waals surface area contributed by atoms with Crippen LogP contribution in [0.4, 0.5) is 0 Å². The van der Waals surface area contributed by atoms with Crippen molar-refractivity contribution in [3.05, 3.63) is 70.7 Å². The Bertz CT molecular complexity index is 760. The van der Waals surface area contributed by atoms with Crippen molar-refractivity contribution < 1.29 is 9.59 Å². The van der Waals surface area contributed by atoms with Gasteiger partial charge in [0.2, 0.25) is 11.8 Å². The van der Waals surface area contributed by atoms with Crippen LogP contribution in [-0.2, 0) is 22.6 Å². The van der Waals surface area contributed by atoms with E-state index in [0.29, 0.717) is 30.5 Å². The second-order valence-electron chi connectivity index (χ2n) is 7.45. The van der Waals surface area contributed by atoms with Crippen molar-refractivity contribution in [2.75, 3.05) is 6.54 Å². The maximum absolute atomic E-state index is 13.0. The van der Waals surface area contributed by atoms with E-state index >= 15 is 0 Å². The second kappa shape index (κ2) is 10.9. The maximum atomic E-state index is 13.0. The largest absolute Gasteiger partial charge is 0.354 e. The molecule has 0 aliphatic heterocycles. The summed E-state index contributed by atoms with van der Waals surface area (Å²) in [6.07, 6.45) is 1.38. The number of carbonyl (C=O) groups excluding carboxylic acids is 2. The number of rotatable bonds is 9. The third kappa shape index (κ3) is 7.01. The van der Waals surface area contributed by atoms with Gasteiger partial charge in [0.05, 0.1) is 0 Å². The highest BCUT2D eigenvalue weighted by atomic mass is 35.5. The topological polar surface area (TPSA) is 49.4 Å². The minimum absolute atomic E-state index is 0.117. The van der Waals surface area contributed by atoms with Crippen LogP contribution in [0, 0.1) is 5.92 Å². The Balaban J connectivity index is 2.22. The third-order valence-corrected chi connectivity index (χ3v) is 4.89. The Kier molecular flexibility index (Phi) is 8.52. The molecule has 2 amide bonds. The lowest BCUT2D eigenvalue weighted by Crippen LogP contribution is -2.50. The van der Waals surface area contributed by atoms with E-state index in [1.54, 1.807) is 17.0 Å². The number of benzene rings is 2. The number of carbonyl (C=O) groups is 2. The van der Waals surface area contributed by atoms with E-state index < -0.39 is 6.04 Å². The molecule has 0 aromatic heterocycles. The number of hydrogen-bond donors (Lipinski definition) is 1. The lowest BCUT2D eigenvalue weighted by atomic mass is 10.0. The molecular weight excluding hydrogens is 372 g/mol. The van der Waals surface area contributed by atoms with Crippen molar-refractivity contribution in [1.82, 2.24) is 10.2 Å². The first-order valence-electron chi connectivity index (χ1n) is 9.70. The van der Waals surface area contributed by atoms with Crippen molar-refractivity contribution in [3.63, 3.8) is 0 Å². The number of nitrogens with one attached hydrogen (secondary N) is 1. The van der Waals surface area contributed by atoms with E-state index in [1.807, 2.05) is 42.5 Å². The first-order chi connectivity index (χ1) is 13.4. The van der Waals surface area contributed by atoms with Gasteiger partial charge in [0, 0.05) is 31.5 Å². The van der Waals surface area contributed by atoms with Crippen molar-refractivity contribution in [3.8, 4) is 0 Å². The molecule has 0 spiro atoms. The molecule has 1 unspecified atom stereocenters. The minimum atomic E-state index is -0.567. The predicted octanol–water partition coefficient (Wildman–Crippen LogP) is 4.46. The van der Waals surface area contributed by atoms with E-state index in [2.05, 4.69) is 19.2 Å². The monoisotopic (exact) mass is 400 g/mol. The quantitative estimate of drug-likeness (QED) is 0.675. The average molecular weight is 401 g/mol. The van der Waals surface area contributed by atoms with Crippen LogP contribution in [0.15, 0.2) is 54.6 Å². The third-order valence-electron chi connectivity index (χ3n) is 4.64. The van der Waals surface area contributed by atoms with Gasteiger partial charge in [-0.25, -0.2) is 0 Å². The van der Waals surface area contributed by atoms with Gasteiger partial charge in [-0.3, -0.25) is 9.59 Å². The predicted molar refractivity (Wildman–Crippen MR) is 114 cm³/mol. The zero-order valence-corrected chi connectivity index (χ0v) is 17.6. The summed E-state index contributed by atoms with van der Waals surface area (Å²) in [5.74, 6) is 0.259. The van der Waals surface area contributed by atoms with E-state index in [4.69, 9.17) is 11.6 Å². The summed E-state index contributed by atoms with van der Waals surface area (Å²) in [5, 5.41) is 3.65. The summed E-state index contributed by atoms with van der Waals surface area (Å²) in [5.41, 5.74) is 1.96. The van der Waals surface area contributed by atoms with Crippen molar-refractivity contribution in [2.24, 2.45) is 5.92 Å². The molecule has 0 saturated carbocycles. The molecule has 150 valence electrons. The molecule has 0 saturated heterocycles. The Hall–Kier alpha value is -2.33. The molecular formula is C23H29ClN2O2. The number of amides is 2. The fraction of sp³-hybridized carbons (Fsp3) is 0.391. The first-order valence-corrected chi connectivity index (χ1v) is 10.1. The zero-order chi connectivity index (χ0) is 20.5. The highest BCUT2D eigenvalue weighted by molar-refractivity contribution is 6.30. The van der Waals surface area contributed by atoms with Crippen LogP contribution in [-0.4, -0.2) is 29.3 Å². The molecule has 0 heterocycles. The van der Waals surface area contributed by atoms with Gasteiger partial charge < -0.3 is 10.2 Å². The van der Waals surface area contributed by atoms with E-state index in [9.17, 15) is 9.59 Å². The molecule has 0 fully saturated rings. The molecule has 2 rings (SSSR count). The van der Waals surface area contributed by atoms with Crippen LogP contribution in [0.25, 0.3) is 0 Å². The van der Waals surface area contributed by atoms with E-state index in [0.717, 1.165) is 17.5 Å². The molecule has 1 N–H and O–H groups in total. The first kappa shape index (κ1) is 22.0. The van der Waals surface area contributed by atoms with Crippen LogP contribution in [0.5, 0.6) is 0 Å². The molecule has 4 nitrogen and oxygen atoms in total. The summed E-state index contributed by atoms with van der Waals surface area (Å²) < 4.78 is 0. The lowest BCUT2D eigenvalue weighted by molar-refractivity contribution is -0.139. The summed E-state index contributed by atoms with van der Waals surface area (Å²) in [6.45, 7) is 6.72. The van der Waals surface area contributed by atoms with Crippen molar-refractivity contribution in [1.29, 1.82) is 0 Å². The smallest absolute Gasteiger partial charge is 0.243 e. The van der Waals surface area contributed by atoms with E-state index in [1.165, 1.54) is 6.92 Å². The minimum Gasteiger partial charge on any atom is -0.354 e. The molecule has 0 bridgehead atoms.